The summed E-state index contributed by atoms with van der Waals surface area (Å²) in [5.41, 5.74) is 8.43. The number of amides is 1. The molecule has 2 aliphatic heterocycles. The van der Waals surface area contributed by atoms with Crippen LogP contribution >= 0.6 is 11.3 Å². The van der Waals surface area contributed by atoms with Gasteiger partial charge in [-0.25, -0.2) is 4.98 Å². The number of anilines is 1. The SMILES string of the molecule is Nc1nc(C(=O)N2CCN(Cc3ccc4c(c3)OCO4)CC2)c(-c2ccncc2)s1. The molecule has 3 aromatic rings. The minimum Gasteiger partial charge on any atom is -0.454 e. The van der Waals surface area contributed by atoms with Crippen LogP contribution in [0, 0.1) is 0 Å². The fourth-order valence-electron chi connectivity index (χ4n) is 3.74. The average molecular weight is 423 g/mol. The molecule has 0 spiro atoms. The molecule has 4 heterocycles. The highest BCUT2D eigenvalue weighted by molar-refractivity contribution is 7.19. The molecule has 1 amide bonds. The molecule has 8 nitrogen and oxygen atoms in total. The minimum absolute atomic E-state index is 0.0718. The van der Waals surface area contributed by atoms with Crippen LogP contribution in [0.25, 0.3) is 10.4 Å². The highest BCUT2D eigenvalue weighted by atomic mass is 32.1. The first-order chi connectivity index (χ1) is 14.7. The van der Waals surface area contributed by atoms with Crippen molar-refractivity contribution in [3.05, 3.63) is 54.0 Å². The Morgan fingerprint density at radius 3 is 2.63 bits per heavy atom. The Morgan fingerprint density at radius 2 is 1.83 bits per heavy atom. The number of hydrogen-bond acceptors (Lipinski definition) is 8. The van der Waals surface area contributed by atoms with E-state index in [0.29, 0.717) is 23.9 Å². The number of piperazine rings is 1. The number of ether oxygens (including phenoxy) is 2. The molecule has 0 saturated carbocycles. The van der Waals surface area contributed by atoms with Crippen molar-refractivity contribution >= 4 is 22.4 Å². The van der Waals surface area contributed by atoms with Crippen molar-refractivity contribution in [1.82, 2.24) is 19.8 Å². The maximum Gasteiger partial charge on any atom is 0.274 e. The third-order valence-electron chi connectivity index (χ3n) is 5.29. The number of aromatic nitrogens is 2. The van der Waals surface area contributed by atoms with E-state index in [2.05, 4.69) is 20.9 Å². The van der Waals surface area contributed by atoms with Gasteiger partial charge >= 0.3 is 0 Å². The van der Waals surface area contributed by atoms with E-state index in [1.54, 1.807) is 12.4 Å². The molecule has 9 heteroatoms. The lowest BCUT2D eigenvalue weighted by molar-refractivity contribution is 0.0624. The van der Waals surface area contributed by atoms with Crippen molar-refractivity contribution in [3.8, 4) is 21.9 Å². The molecule has 2 aliphatic rings. The van der Waals surface area contributed by atoms with Crippen molar-refractivity contribution < 1.29 is 14.3 Å². The number of pyridine rings is 1. The summed E-state index contributed by atoms with van der Waals surface area (Å²) >= 11 is 1.33. The third-order valence-corrected chi connectivity index (χ3v) is 6.23. The molecule has 0 atom stereocenters. The number of carbonyl (C=O) groups is 1. The zero-order valence-electron chi connectivity index (χ0n) is 16.3. The average Bonchev–Trinajstić information content (AvgIpc) is 3.40. The summed E-state index contributed by atoms with van der Waals surface area (Å²) in [5, 5.41) is 0.395. The summed E-state index contributed by atoms with van der Waals surface area (Å²) in [5.74, 6) is 1.52. The first kappa shape index (κ1) is 18.8. The molecule has 0 radical (unpaired) electrons. The number of nitrogens with two attached hydrogens (primary N) is 1. The van der Waals surface area contributed by atoms with E-state index in [1.165, 1.54) is 16.9 Å². The first-order valence-corrected chi connectivity index (χ1v) is 10.6. The van der Waals surface area contributed by atoms with Crippen LogP contribution in [0.15, 0.2) is 42.7 Å². The van der Waals surface area contributed by atoms with E-state index in [9.17, 15) is 4.79 Å². The lowest BCUT2D eigenvalue weighted by Crippen LogP contribution is -2.48. The number of nitrogens with zero attached hydrogens (tertiary/aromatic N) is 4. The van der Waals surface area contributed by atoms with Gasteiger partial charge in [-0.1, -0.05) is 17.4 Å². The minimum atomic E-state index is -0.0718. The normalized spacial score (nSPS) is 16.1. The summed E-state index contributed by atoms with van der Waals surface area (Å²) in [6.45, 7) is 3.98. The third kappa shape index (κ3) is 3.69. The quantitative estimate of drug-likeness (QED) is 0.689. The smallest absolute Gasteiger partial charge is 0.274 e. The number of carbonyl (C=O) groups excluding carboxylic acids is 1. The van der Waals surface area contributed by atoms with Crippen molar-refractivity contribution in [2.24, 2.45) is 0 Å². The standard InChI is InChI=1S/C21H21N5O3S/c22-21-24-18(19(30-21)15-3-5-23-6-4-15)20(27)26-9-7-25(8-10-26)12-14-1-2-16-17(11-14)29-13-28-16/h1-6,11H,7-10,12-13H2,(H2,22,24). The molecule has 30 heavy (non-hydrogen) atoms. The fourth-order valence-corrected chi connectivity index (χ4v) is 4.57. The van der Waals surface area contributed by atoms with Crippen molar-refractivity contribution in [1.29, 1.82) is 0 Å². The molecule has 1 fully saturated rings. The topological polar surface area (TPSA) is 93.8 Å². The molecule has 2 N–H and O–H groups in total. The van der Waals surface area contributed by atoms with Gasteiger partial charge in [-0.2, -0.15) is 0 Å². The predicted molar refractivity (Wildman–Crippen MR) is 114 cm³/mol. The van der Waals surface area contributed by atoms with E-state index >= 15 is 0 Å². The Morgan fingerprint density at radius 1 is 1.07 bits per heavy atom. The summed E-state index contributed by atoms with van der Waals surface area (Å²) in [6, 6.07) is 9.77. The molecule has 0 bridgehead atoms. The maximum atomic E-state index is 13.2. The first-order valence-electron chi connectivity index (χ1n) is 9.74. The molecule has 5 rings (SSSR count). The number of rotatable bonds is 4. The van der Waals surface area contributed by atoms with Crippen molar-refractivity contribution in [3.63, 3.8) is 0 Å². The highest BCUT2D eigenvalue weighted by Gasteiger charge is 2.27. The summed E-state index contributed by atoms with van der Waals surface area (Å²) in [7, 11) is 0. The number of benzene rings is 1. The van der Waals surface area contributed by atoms with E-state index in [0.717, 1.165) is 41.6 Å². The molecule has 154 valence electrons. The van der Waals surface area contributed by atoms with Crippen molar-refractivity contribution in [2.45, 2.75) is 6.54 Å². The van der Waals surface area contributed by atoms with Crippen LogP contribution in [0.4, 0.5) is 5.13 Å². The largest absolute Gasteiger partial charge is 0.454 e. The molecular weight excluding hydrogens is 402 g/mol. The van der Waals surface area contributed by atoms with Crippen LogP contribution in [0.1, 0.15) is 16.1 Å². The fraction of sp³-hybridized carbons (Fsp3) is 0.286. The van der Waals surface area contributed by atoms with Gasteiger partial charge in [0.1, 0.15) is 5.69 Å². The Balaban J connectivity index is 1.24. The van der Waals surface area contributed by atoms with Crippen LogP contribution in [0.3, 0.4) is 0 Å². The molecular formula is C21H21N5O3S. The summed E-state index contributed by atoms with van der Waals surface area (Å²) < 4.78 is 10.8. The number of fused-ring (bicyclic) bond motifs is 1. The maximum absolute atomic E-state index is 13.2. The molecule has 1 aromatic carbocycles. The molecule has 0 aliphatic carbocycles. The number of thiazole rings is 1. The number of hydrogen-bond donors (Lipinski definition) is 1. The Kier molecular flexibility index (Phi) is 4.97. The number of nitrogen functional groups attached to an aromatic ring is 1. The van der Waals surface area contributed by atoms with Crippen LogP contribution in [-0.2, 0) is 6.54 Å². The van der Waals surface area contributed by atoms with Gasteiger partial charge in [0.05, 0.1) is 4.88 Å². The zero-order chi connectivity index (χ0) is 20.5. The lowest BCUT2D eigenvalue weighted by Gasteiger charge is -2.34. The van der Waals surface area contributed by atoms with Crippen LogP contribution < -0.4 is 15.2 Å². The van der Waals surface area contributed by atoms with E-state index in [4.69, 9.17) is 15.2 Å². The second kappa shape index (κ2) is 7.92. The second-order valence-electron chi connectivity index (χ2n) is 7.22. The summed E-state index contributed by atoms with van der Waals surface area (Å²) in [4.78, 5) is 26.5. The second-order valence-corrected chi connectivity index (χ2v) is 8.25. The van der Waals surface area contributed by atoms with Gasteiger partial charge in [0, 0.05) is 45.1 Å². The summed E-state index contributed by atoms with van der Waals surface area (Å²) in [6.07, 6.45) is 3.41. The van der Waals surface area contributed by atoms with E-state index in [-0.39, 0.29) is 12.7 Å². The lowest BCUT2D eigenvalue weighted by atomic mass is 10.1. The van der Waals surface area contributed by atoms with E-state index < -0.39 is 0 Å². The molecule has 2 aromatic heterocycles. The van der Waals surface area contributed by atoms with Gasteiger partial charge in [-0.15, -0.1) is 0 Å². The monoisotopic (exact) mass is 423 g/mol. The molecule has 0 unspecified atom stereocenters. The van der Waals surface area contributed by atoms with Crippen LogP contribution in [0.2, 0.25) is 0 Å². The van der Waals surface area contributed by atoms with Gasteiger partial charge < -0.3 is 20.1 Å². The Bertz CT molecular complexity index is 1060. The van der Waals surface area contributed by atoms with Gasteiger partial charge in [-0.05, 0) is 35.4 Å². The van der Waals surface area contributed by atoms with Crippen molar-refractivity contribution in [2.75, 3.05) is 38.7 Å². The van der Waals surface area contributed by atoms with Crippen LogP contribution in [0.5, 0.6) is 11.5 Å². The zero-order valence-corrected chi connectivity index (χ0v) is 17.1. The van der Waals surface area contributed by atoms with Gasteiger partial charge in [0.2, 0.25) is 6.79 Å². The Labute approximate surface area is 177 Å². The predicted octanol–water partition coefficient (Wildman–Crippen LogP) is 2.47. The Hall–Kier alpha value is -3.17. The van der Waals surface area contributed by atoms with Crippen LogP contribution in [-0.4, -0.2) is 58.6 Å². The van der Waals surface area contributed by atoms with Gasteiger partial charge in [0.15, 0.2) is 16.6 Å². The van der Waals surface area contributed by atoms with E-state index in [1.807, 2.05) is 29.2 Å². The molecule has 1 saturated heterocycles. The van der Waals surface area contributed by atoms with Gasteiger partial charge in [0.25, 0.3) is 5.91 Å². The highest BCUT2D eigenvalue weighted by Crippen LogP contribution is 2.34. The van der Waals surface area contributed by atoms with Gasteiger partial charge in [-0.3, -0.25) is 14.7 Å².